The van der Waals surface area contributed by atoms with Crippen LogP contribution in [0.25, 0.3) is 0 Å². The number of alkyl halides is 2. The van der Waals surface area contributed by atoms with Crippen molar-refractivity contribution in [1.29, 1.82) is 0 Å². The lowest BCUT2D eigenvalue weighted by atomic mass is 9.96. The Labute approximate surface area is 237 Å². The third kappa shape index (κ3) is 8.51. The number of carboxylic acids is 2. The fourth-order valence-electron chi connectivity index (χ4n) is 4.76. The Morgan fingerprint density at radius 3 is 2.19 bits per heavy atom. The van der Waals surface area contributed by atoms with E-state index in [1.807, 2.05) is 0 Å². The van der Waals surface area contributed by atoms with Crippen LogP contribution in [0.4, 0.5) is 17.6 Å². The number of hydrogen-bond acceptors (Lipinski definition) is 5. The van der Waals surface area contributed by atoms with Crippen LogP contribution in [0, 0.1) is 11.6 Å². The molecule has 0 saturated carbocycles. The molecule has 0 unspecified atom stereocenters. The average Bonchev–Trinajstić information content (AvgIpc) is 3.38. The molecule has 1 saturated heterocycles. The largest absolute Gasteiger partial charge is 0.481 e. The van der Waals surface area contributed by atoms with Crippen LogP contribution >= 0.6 is 0 Å². The SMILES string of the molecule is O=C(O)CCC(=O)N1C[C@H](c2ccccc2)C[C@H]1C(=O)N[C@@H](CC(F)F)C(=O)NCCc1c(F)cc(C(=O)O)cc1F. The van der Waals surface area contributed by atoms with E-state index >= 15 is 0 Å². The highest BCUT2D eigenvalue weighted by Gasteiger charge is 2.41. The predicted molar refractivity (Wildman–Crippen MR) is 139 cm³/mol. The lowest BCUT2D eigenvalue weighted by Crippen LogP contribution is -2.53. The van der Waals surface area contributed by atoms with Gasteiger partial charge >= 0.3 is 11.9 Å². The molecule has 0 aliphatic carbocycles. The molecule has 2 aromatic carbocycles. The number of amides is 3. The monoisotopic (exact) mass is 595 g/mol. The van der Waals surface area contributed by atoms with Gasteiger partial charge in [-0.15, -0.1) is 0 Å². The zero-order valence-electron chi connectivity index (χ0n) is 22.2. The van der Waals surface area contributed by atoms with Crippen LogP contribution in [0.5, 0.6) is 0 Å². The number of likely N-dealkylation sites (tertiary alicyclic amines) is 1. The van der Waals surface area contributed by atoms with Gasteiger partial charge in [-0.2, -0.15) is 0 Å². The second-order valence-corrected chi connectivity index (χ2v) is 9.75. The molecule has 3 atom stereocenters. The third-order valence-corrected chi connectivity index (χ3v) is 6.86. The second-order valence-electron chi connectivity index (χ2n) is 9.75. The van der Waals surface area contributed by atoms with Gasteiger partial charge in [-0.25, -0.2) is 22.4 Å². The van der Waals surface area contributed by atoms with E-state index in [1.165, 1.54) is 4.90 Å². The number of nitrogens with one attached hydrogen (secondary N) is 2. The molecule has 226 valence electrons. The molecule has 3 amide bonds. The van der Waals surface area contributed by atoms with E-state index in [-0.39, 0.29) is 25.3 Å². The van der Waals surface area contributed by atoms with Crippen LogP contribution in [-0.4, -0.2) is 76.4 Å². The van der Waals surface area contributed by atoms with Crippen molar-refractivity contribution in [2.24, 2.45) is 0 Å². The van der Waals surface area contributed by atoms with Gasteiger partial charge in [0.25, 0.3) is 0 Å². The van der Waals surface area contributed by atoms with E-state index in [9.17, 15) is 41.5 Å². The smallest absolute Gasteiger partial charge is 0.335 e. The molecule has 0 radical (unpaired) electrons. The van der Waals surface area contributed by atoms with Crippen molar-refractivity contribution in [3.05, 3.63) is 70.8 Å². The van der Waals surface area contributed by atoms with E-state index in [4.69, 9.17) is 10.2 Å². The van der Waals surface area contributed by atoms with E-state index in [0.717, 1.165) is 5.56 Å². The molecule has 0 bridgehead atoms. The van der Waals surface area contributed by atoms with Gasteiger partial charge in [0.15, 0.2) is 0 Å². The normalized spacial score (nSPS) is 17.1. The number of carboxylic acid groups (broad SMARTS) is 2. The summed E-state index contributed by atoms with van der Waals surface area (Å²) in [7, 11) is 0. The predicted octanol–water partition coefficient (Wildman–Crippen LogP) is 2.71. The van der Waals surface area contributed by atoms with E-state index in [1.54, 1.807) is 30.3 Å². The first kappa shape index (κ1) is 32.0. The van der Waals surface area contributed by atoms with Crippen molar-refractivity contribution in [3.63, 3.8) is 0 Å². The fraction of sp³-hybridized carbons (Fsp3) is 0.393. The lowest BCUT2D eigenvalue weighted by Gasteiger charge is -2.26. The third-order valence-electron chi connectivity index (χ3n) is 6.86. The number of halogens is 4. The number of aromatic carboxylic acids is 1. The van der Waals surface area contributed by atoms with Gasteiger partial charge in [0.1, 0.15) is 23.7 Å². The van der Waals surface area contributed by atoms with Crippen molar-refractivity contribution in [1.82, 2.24) is 15.5 Å². The second kappa shape index (κ2) is 14.4. The minimum atomic E-state index is -3.02. The van der Waals surface area contributed by atoms with Crippen molar-refractivity contribution in [3.8, 4) is 0 Å². The molecular weight excluding hydrogens is 566 g/mol. The molecule has 42 heavy (non-hydrogen) atoms. The van der Waals surface area contributed by atoms with Crippen LogP contribution in [0.3, 0.4) is 0 Å². The number of rotatable bonds is 13. The van der Waals surface area contributed by atoms with E-state index < -0.39 is 96.7 Å². The molecule has 2 aromatic rings. The van der Waals surface area contributed by atoms with Crippen LogP contribution in [-0.2, 0) is 25.6 Å². The number of nitrogens with zero attached hydrogens (tertiary/aromatic N) is 1. The molecule has 3 rings (SSSR count). The van der Waals surface area contributed by atoms with Crippen LogP contribution in [0.2, 0.25) is 0 Å². The zero-order chi connectivity index (χ0) is 31.0. The van der Waals surface area contributed by atoms with E-state index in [0.29, 0.717) is 12.1 Å². The summed E-state index contributed by atoms with van der Waals surface area (Å²) in [6.07, 6.45) is -5.31. The molecule has 0 aromatic heterocycles. The molecule has 14 heteroatoms. The quantitative estimate of drug-likeness (QED) is 0.260. The minimum Gasteiger partial charge on any atom is -0.481 e. The molecule has 1 aliphatic heterocycles. The van der Waals surface area contributed by atoms with Crippen LogP contribution < -0.4 is 10.6 Å². The Bertz CT molecular complexity index is 1300. The van der Waals surface area contributed by atoms with Gasteiger partial charge in [0, 0.05) is 37.4 Å². The number of carbonyl (C=O) groups is 5. The summed E-state index contributed by atoms with van der Waals surface area (Å²) in [5.74, 6) is -7.97. The number of aliphatic carboxylic acids is 1. The number of carbonyl (C=O) groups excluding carboxylic acids is 3. The fourth-order valence-corrected chi connectivity index (χ4v) is 4.76. The van der Waals surface area contributed by atoms with Crippen molar-refractivity contribution in [2.75, 3.05) is 13.1 Å². The van der Waals surface area contributed by atoms with Gasteiger partial charge in [0.05, 0.1) is 12.0 Å². The van der Waals surface area contributed by atoms with Gasteiger partial charge in [-0.05, 0) is 30.5 Å². The summed E-state index contributed by atoms with van der Waals surface area (Å²) in [5.41, 5.74) is -0.334. The molecule has 4 N–H and O–H groups in total. The first-order valence-electron chi connectivity index (χ1n) is 13.0. The van der Waals surface area contributed by atoms with Gasteiger partial charge in [-0.1, -0.05) is 30.3 Å². The Balaban J connectivity index is 1.71. The van der Waals surface area contributed by atoms with Gasteiger partial charge in [0.2, 0.25) is 24.1 Å². The molecular formula is C28H29F4N3O7. The minimum absolute atomic E-state index is 0.0735. The average molecular weight is 596 g/mol. The summed E-state index contributed by atoms with van der Waals surface area (Å²) in [4.78, 5) is 61.9. The highest BCUT2D eigenvalue weighted by Crippen LogP contribution is 2.32. The molecule has 1 heterocycles. The Hall–Kier alpha value is -4.49. The van der Waals surface area contributed by atoms with Crippen LogP contribution in [0.15, 0.2) is 42.5 Å². The molecule has 1 fully saturated rings. The molecule has 10 nitrogen and oxygen atoms in total. The van der Waals surface area contributed by atoms with Crippen molar-refractivity contribution in [2.45, 2.75) is 56.5 Å². The van der Waals surface area contributed by atoms with Crippen molar-refractivity contribution >= 4 is 29.7 Å². The standard InChI is InChI=1S/C28H29F4N3O7/c29-19-10-16(28(41)42)11-20(30)18(19)8-9-33-26(39)21(13-23(31)32)34-27(40)22-12-17(15-4-2-1-3-5-15)14-35(22)24(36)6-7-25(37)38/h1-5,10-11,17,21-23H,6-9,12-14H2,(H,33,39)(H,34,40)(H,37,38)(H,41,42)/t17-,21+,22+/m1/s1. The topological polar surface area (TPSA) is 153 Å². The maximum atomic E-state index is 14.2. The van der Waals surface area contributed by atoms with Crippen molar-refractivity contribution < 1.29 is 51.7 Å². The maximum absolute atomic E-state index is 14.2. The summed E-state index contributed by atoms with van der Waals surface area (Å²) in [5, 5.41) is 22.3. The Morgan fingerprint density at radius 2 is 1.62 bits per heavy atom. The Morgan fingerprint density at radius 1 is 0.976 bits per heavy atom. The van der Waals surface area contributed by atoms with Gasteiger partial charge < -0.3 is 25.7 Å². The number of benzene rings is 2. The summed E-state index contributed by atoms with van der Waals surface area (Å²) in [6.45, 7) is -0.349. The maximum Gasteiger partial charge on any atom is 0.335 e. The summed E-state index contributed by atoms with van der Waals surface area (Å²) < 4.78 is 55.0. The molecule has 1 aliphatic rings. The highest BCUT2D eigenvalue weighted by molar-refractivity contribution is 5.93. The Kier molecular flexibility index (Phi) is 11.0. The number of hydrogen-bond donors (Lipinski definition) is 4. The first-order valence-corrected chi connectivity index (χ1v) is 13.0. The van der Waals surface area contributed by atoms with Gasteiger partial charge in [-0.3, -0.25) is 19.2 Å². The van der Waals surface area contributed by atoms with Crippen LogP contribution in [0.1, 0.15) is 53.1 Å². The molecule has 0 spiro atoms. The highest BCUT2D eigenvalue weighted by atomic mass is 19.3. The summed E-state index contributed by atoms with van der Waals surface area (Å²) in [6, 6.07) is 7.18. The first-order chi connectivity index (χ1) is 19.9. The zero-order valence-corrected chi connectivity index (χ0v) is 22.2. The van der Waals surface area contributed by atoms with E-state index in [2.05, 4.69) is 10.6 Å². The summed E-state index contributed by atoms with van der Waals surface area (Å²) >= 11 is 0. The lowest BCUT2D eigenvalue weighted by molar-refractivity contribution is -0.143.